The molecule has 0 spiro atoms. The van der Waals surface area contributed by atoms with Gasteiger partial charge in [0.05, 0.1) is 12.1 Å². The van der Waals surface area contributed by atoms with Crippen molar-refractivity contribution >= 4 is 17.6 Å². The third-order valence-electron chi connectivity index (χ3n) is 6.09. The first kappa shape index (κ1) is 18.2. The molecule has 0 radical (unpaired) electrons. The number of guanidine groups is 1. The fourth-order valence-electron chi connectivity index (χ4n) is 4.49. The van der Waals surface area contributed by atoms with Gasteiger partial charge in [-0.25, -0.2) is 0 Å². The van der Waals surface area contributed by atoms with Crippen LogP contribution in [0.2, 0.25) is 0 Å². The number of nitrogens with one attached hydrogen (secondary N) is 1. The zero-order chi connectivity index (χ0) is 19.8. The third-order valence-corrected chi connectivity index (χ3v) is 6.09. The molecule has 5 rings (SSSR count). The summed E-state index contributed by atoms with van der Waals surface area (Å²) in [5.41, 5.74) is 12.4. The first-order chi connectivity index (χ1) is 14.2. The van der Waals surface area contributed by atoms with E-state index in [1.54, 1.807) is 0 Å². The van der Waals surface area contributed by atoms with E-state index in [4.69, 9.17) is 5.53 Å². The Kier molecular flexibility index (Phi) is 4.71. The van der Waals surface area contributed by atoms with Gasteiger partial charge in [0.1, 0.15) is 0 Å². The minimum Gasteiger partial charge on any atom is -0.316 e. The Hall–Kier alpha value is -2.87. The van der Waals surface area contributed by atoms with E-state index in [1.807, 2.05) is 29.2 Å². The molecular weight excluding hydrogens is 368 g/mol. The summed E-state index contributed by atoms with van der Waals surface area (Å²) in [6, 6.07) is 7.63. The Morgan fingerprint density at radius 1 is 1.24 bits per heavy atom. The van der Waals surface area contributed by atoms with Crippen LogP contribution in [0, 0.1) is 5.92 Å². The Labute approximate surface area is 169 Å². The summed E-state index contributed by atoms with van der Waals surface area (Å²) in [5, 5.41) is 6.91. The maximum atomic E-state index is 13.4. The van der Waals surface area contributed by atoms with Crippen LogP contribution in [0.5, 0.6) is 0 Å². The predicted molar refractivity (Wildman–Crippen MR) is 109 cm³/mol. The van der Waals surface area contributed by atoms with Gasteiger partial charge in [-0.05, 0) is 11.1 Å². The number of rotatable bonds is 5. The van der Waals surface area contributed by atoms with Crippen molar-refractivity contribution in [3.05, 3.63) is 51.5 Å². The van der Waals surface area contributed by atoms with Crippen molar-refractivity contribution in [3.63, 3.8) is 0 Å². The van der Waals surface area contributed by atoms with Gasteiger partial charge in [-0.15, -0.1) is 0 Å². The van der Waals surface area contributed by atoms with E-state index in [-0.39, 0.29) is 5.91 Å². The van der Waals surface area contributed by atoms with Gasteiger partial charge in [0, 0.05) is 74.4 Å². The summed E-state index contributed by atoms with van der Waals surface area (Å²) in [5.74, 6) is 1.51. The SMILES string of the molecule is [N-]=[N+]=Nc1ccc(CN2CCC3=C(C2)C(=O)N(CC2CNC2)C2=NCCN23)cc1. The number of amides is 1. The average Bonchev–Trinajstić information content (AvgIpc) is 3.18. The monoisotopic (exact) mass is 392 g/mol. The van der Waals surface area contributed by atoms with Crippen LogP contribution in [0.1, 0.15) is 12.0 Å². The Bertz CT molecular complexity index is 926. The van der Waals surface area contributed by atoms with Gasteiger partial charge in [0.15, 0.2) is 0 Å². The minimum absolute atomic E-state index is 0.132. The standard InChI is InChI=1S/C20H24N8O/c21-25-24-16-3-1-14(2-4-16)11-26-7-5-18-17(13-26)19(29)28(12-15-9-22-10-15)20-23-6-8-27(18)20/h1-4,15,22H,5-13H2. The molecule has 4 aliphatic heterocycles. The summed E-state index contributed by atoms with van der Waals surface area (Å²) < 4.78 is 0. The Morgan fingerprint density at radius 3 is 2.79 bits per heavy atom. The summed E-state index contributed by atoms with van der Waals surface area (Å²) >= 11 is 0. The number of carbonyl (C=O) groups is 1. The second kappa shape index (κ2) is 7.51. The van der Waals surface area contributed by atoms with Crippen LogP contribution in [0.3, 0.4) is 0 Å². The summed E-state index contributed by atoms with van der Waals surface area (Å²) in [4.78, 5) is 27.3. The molecule has 0 saturated carbocycles. The number of nitrogens with zero attached hydrogens (tertiary/aromatic N) is 7. The molecule has 0 aliphatic carbocycles. The molecule has 0 atom stereocenters. The van der Waals surface area contributed by atoms with Gasteiger partial charge in [-0.3, -0.25) is 19.6 Å². The van der Waals surface area contributed by atoms with Crippen molar-refractivity contribution in [1.82, 2.24) is 20.0 Å². The minimum atomic E-state index is 0.132. The number of carbonyl (C=O) groups excluding carboxylic acids is 1. The van der Waals surface area contributed by atoms with Gasteiger partial charge in [-0.1, -0.05) is 29.4 Å². The van der Waals surface area contributed by atoms with Gasteiger partial charge >= 0.3 is 0 Å². The lowest BCUT2D eigenvalue weighted by atomic mass is 9.98. The Morgan fingerprint density at radius 2 is 2.07 bits per heavy atom. The van der Waals surface area contributed by atoms with Crippen molar-refractivity contribution in [3.8, 4) is 0 Å². The van der Waals surface area contributed by atoms with E-state index in [0.717, 1.165) is 69.3 Å². The third kappa shape index (κ3) is 3.37. The molecular formula is C20H24N8O. The van der Waals surface area contributed by atoms with E-state index < -0.39 is 0 Å². The highest BCUT2D eigenvalue weighted by Crippen LogP contribution is 2.32. The molecule has 1 saturated heterocycles. The molecule has 1 amide bonds. The van der Waals surface area contributed by atoms with Crippen molar-refractivity contribution in [2.75, 3.05) is 45.8 Å². The number of fused-ring (bicyclic) bond motifs is 2. The molecule has 0 aromatic heterocycles. The zero-order valence-corrected chi connectivity index (χ0v) is 16.3. The van der Waals surface area contributed by atoms with E-state index in [2.05, 4.69) is 30.1 Å². The molecule has 1 N–H and O–H groups in total. The van der Waals surface area contributed by atoms with Crippen molar-refractivity contribution < 1.29 is 4.79 Å². The fraction of sp³-hybridized carbons (Fsp3) is 0.500. The molecule has 1 aromatic rings. The maximum absolute atomic E-state index is 13.4. The first-order valence-corrected chi connectivity index (χ1v) is 10.2. The lowest BCUT2D eigenvalue weighted by Gasteiger charge is -2.43. The topological polar surface area (TPSA) is 99.9 Å². The molecule has 4 aliphatic rings. The first-order valence-electron chi connectivity index (χ1n) is 10.2. The molecule has 29 heavy (non-hydrogen) atoms. The van der Waals surface area contributed by atoms with Gasteiger partial charge in [0.25, 0.3) is 5.91 Å². The highest BCUT2D eigenvalue weighted by Gasteiger charge is 2.42. The maximum Gasteiger partial charge on any atom is 0.259 e. The highest BCUT2D eigenvalue weighted by molar-refractivity contribution is 6.10. The molecule has 9 heteroatoms. The van der Waals surface area contributed by atoms with Crippen LogP contribution in [0.25, 0.3) is 10.4 Å². The number of hydrogen-bond donors (Lipinski definition) is 1. The van der Waals surface area contributed by atoms with Crippen LogP contribution in [0.4, 0.5) is 5.69 Å². The lowest BCUT2D eigenvalue weighted by molar-refractivity contribution is -0.125. The van der Waals surface area contributed by atoms with Crippen LogP contribution in [-0.4, -0.2) is 72.4 Å². The molecule has 0 unspecified atom stereocenters. The molecule has 1 aromatic carbocycles. The lowest BCUT2D eigenvalue weighted by Crippen LogP contribution is -2.58. The van der Waals surface area contributed by atoms with Crippen molar-refractivity contribution in [2.45, 2.75) is 13.0 Å². The van der Waals surface area contributed by atoms with E-state index >= 15 is 0 Å². The van der Waals surface area contributed by atoms with Gasteiger partial charge in [0.2, 0.25) is 5.96 Å². The number of hydrogen-bond acceptors (Lipinski definition) is 6. The second-order valence-corrected chi connectivity index (χ2v) is 8.02. The predicted octanol–water partition coefficient (Wildman–Crippen LogP) is 1.82. The zero-order valence-electron chi connectivity index (χ0n) is 16.3. The van der Waals surface area contributed by atoms with Crippen molar-refractivity contribution in [1.29, 1.82) is 0 Å². The average molecular weight is 392 g/mol. The number of aliphatic imine (C=N–C) groups is 1. The normalized spacial score (nSPS) is 22.1. The van der Waals surface area contributed by atoms with Crippen LogP contribution >= 0.6 is 0 Å². The fourth-order valence-corrected chi connectivity index (χ4v) is 4.49. The van der Waals surface area contributed by atoms with E-state index in [9.17, 15) is 4.79 Å². The molecule has 0 bridgehead atoms. The molecule has 1 fully saturated rings. The summed E-state index contributed by atoms with van der Waals surface area (Å²) in [6.45, 7) is 6.69. The second-order valence-electron chi connectivity index (χ2n) is 8.02. The van der Waals surface area contributed by atoms with Gasteiger partial charge < -0.3 is 10.2 Å². The highest BCUT2D eigenvalue weighted by atomic mass is 16.2. The van der Waals surface area contributed by atoms with Crippen LogP contribution in [-0.2, 0) is 11.3 Å². The van der Waals surface area contributed by atoms with Crippen LogP contribution < -0.4 is 5.32 Å². The van der Waals surface area contributed by atoms with Crippen molar-refractivity contribution in [2.24, 2.45) is 16.0 Å². The molecule has 4 heterocycles. The molecule has 150 valence electrons. The van der Waals surface area contributed by atoms with E-state index in [0.29, 0.717) is 18.2 Å². The number of azide groups is 1. The summed E-state index contributed by atoms with van der Waals surface area (Å²) in [7, 11) is 0. The largest absolute Gasteiger partial charge is 0.316 e. The smallest absolute Gasteiger partial charge is 0.259 e. The Balaban J connectivity index is 1.33. The quantitative estimate of drug-likeness (QED) is 0.469. The molecule has 9 nitrogen and oxygen atoms in total. The van der Waals surface area contributed by atoms with Gasteiger partial charge in [-0.2, -0.15) is 0 Å². The summed E-state index contributed by atoms with van der Waals surface area (Å²) in [6.07, 6.45) is 0.871. The van der Waals surface area contributed by atoms with Crippen LogP contribution in [0.15, 0.2) is 45.6 Å². The van der Waals surface area contributed by atoms with E-state index in [1.165, 1.54) is 5.70 Å². The number of benzene rings is 1.